The normalized spacial score (nSPS) is 16.7. The van der Waals surface area contributed by atoms with Gasteiger partial charge in [0, 0.05) is 12.0 Å². The van der Waals surface area contributed by atoms with Gasteiger partial charge in [0.1, 0.15) is 17.7 Å². The molecule has 21 heavy (non-hydrogen) atoms. The maximum Gasteiger partial charge on any atom is 0.223 e. The van der Waals surface area contributed by atoms with Crippen molar-refractivity contribution in [2.45, 2.75) is 25.9 Å². The third kappa shape index (κ3) is 5.89. The molecule has 0 spiro atoms. The molecule has 1 heterocycles. The van der Waals surface area contributed by atoms with E-state index in [1.54, 1.807) is 12.1 Å². The summed E-state index contributed by atoms with van der Waals surface area (Å²) < 4.78 is 18.6. The molecule has 0 aliphatic carbocycles. The molecule has 1 aliphatic heterocycles. The van der Waals surface area contributed by atoms with Gasteiger partial charge in [-0.25, -0.2) is 4.39 Å². The Balaban J connectivity index is 0.00000220. The molecule has 118 valence electrons. The predicted molar refractivity (Wildman–Crippen MR) is 82.3 cm³/mol. The molecule has 1 aliphatic rings. The summed E-state index contributed by atoms with van der Waals surface area (Å²) in [6.07, 6.45) is 1.57. The Morgan fingerprint density at radius 3 is 2.86 bits per heavy atom. The van der Waals surface area contributed by atoms with E-state index in [1.165, 1.54) is 12.1 Å². The summed E-state index contributed by atoms with van der Waals surface area (Å²) in [5.74, 6) is 0.334. The van der Waals surface area contributed by atoms with Crippen LogP contribution in [-0.2, 0) is 4.79 Å². The Morgan fingerprint density at radius 2 is 2.19 bits per heavy atom. The fraction of sp³-hybridized carbons (Fsp3) is 0.533. The molecule has 1 saturated heterocycles. The van der Waals surface area contributed by atoms with Crippen molar-refractivity contribution in [1.29, 1.82) is 0 Å². The van der Waals surface area contributed by atoms with Crippen LogP contribution in [-0.4, -0.2) is 31.6 Å². The minimum Gasteiger partial charge on any atom is -0.489 e. The van der Waals surface area contributed by atoms with Gasteiger partial charge in [-0.1, -0.05) is 6.07 Å². The van der Waals surface area contributed by atoms with Crippen LogP contribution in [0.2, 0.25) is 0 Å². The minimum absolute atomic E-state index is 0. The number of halogens is 2. The molecule has 6 heteroatoms. The number of hydrogen-bond acceptors (Lipinski definition) is 3. The molecule has 1 atom stereocenters. The predicted octanol–water partition coefficient (Wildman–Crippen LogP) is 2.13. The highest BCUT2D eigenvalue weighted by atomic mass is 35.5. The van der Waals surface area contributed by atoms with Gasteiger partial charge in [0.05, 0.1) is 6.54 Å². The Labute approximate surface area is 130 Å². The summed E-state index contributed by atoms with van der Waals surface area (Å²) in [7, 11) is 0. The lowest BCUT2D eigenvalue weighted by Crippen LogP contribution is -2.41. The first kappa shape index (κ1) is 17.7. The molecule has 1 aromatic rings. The van der Waals surface area contributed by atoms with E-state index >= 15 is 0 Å². The van der Waals surface area contributed by atoms with Crippen LogP contribution in [0, 0.1) is 11.7 Å². The largest absolute Gasteiger partial charge is 0.489 e. The van der Waals surface area contributed by atoms with Crippen LogP contribution in [0.3, 0.4) is 0 Å². The van der Waals surface area contributed by atoms with Gasteiger partial charge in [0.2, 0.25) is 5.91 Å². The highest BCUT2D eigenvalue weighted by Crippen LogP contribution is 2.14. The Hall–Kier alpha value is -1.33. The average Bonchev–Trinajstić information content (AvgIpc) is 2.46. The second kappa shape index (κ2) is 8.85. The van der Waals surface area contributed by atoms with Gasteiger partial charge in [0.25, 0.3) is 0 Å². The summed E-state index contributed by atoms with van der Waals surface area (Å²) in [5, 5.41) is 6.13. The summed E-state index contributed by atoms with van der Waals surface area (Å²) in [6.45, 7) is 4.08. The number of carbonyl (C=O) groups excluding carboxylic acids is 1. The van der Waals surface area contributed by atoms with Crippen LogP contribution in [0.15, 0.2) is 24.3 Å². The van der Waals surface area contributed by atoms with Gasteiger partial charge in [0.15, 0.2) is 0 Å². The zero-order chi connectivity index (χ0) is 14.4. The lowest BCUT2D eigenvalue weighted by Gasteiger charge is -2.23. The lowest BCUT2D eigenvalue weighted by molar-refractivity contribution is -0.126. The van der Waals surface area contributed by atoms with E-state index in [-0.39, 0.29) is 36.2 Å². The molecular weight excluding hydrogens is 295 g/mol. The summed E-state index contributed by atoms with van der Waals surface area (Å²) >= 11 is 0. The van der Waals surface area contributed by atoms with Gasteiger partial charge >= 0.3 is 0 Å². The highest BCUT2D eigenvalue weighted by Gasteiger charge is 2.21. The topological polar surface area (TPSA) is 50.4 Å². The molecule has 2 N–H and O–H groups in total. The van der Waals surface area contributed by atoms with Crippen LogP contribution < -0.4 is 15.4 Å². The first-order chi connectivity index (χ1) is 9.65. The van der Waals surface area contributed by atoms with Gasteiger partial charge < -0.3 is 15.4 Å². The Morgan fingerprint density at radius 1 is 1.48 bits per heavy atom. The number of carbonyl (C=O) groups is 1. The standard InChI is InChI=1S/C15H21FN2O2.ClH/c1-11(20-14-4-2-3-13(16)9-14)10-18-15(19)12-5-7-17-8-6-12;/h2-4,9,11-12,17H,5-8,10H2,1H3,(H,18,19);1H. The monoisotopic (exact) mass is 316 g/mol. The van der Waals surface area contributed by atoms with E-state index in [0.717, 1.165) is 25.9 Å². The summed E-state index contributed by atoms with van der Waals surface area (Å²) in [4.78, 5) is 12.0. The van der Waals surface area contributed by atoms with Gasteiger partial charge in [-0.15, -0.1) is 12.4 Å². The van der Waals surface area contributed by atoms with Crippen molar-refractivity contribution in [1.82, 2.24) is 10.6 Å². The van der Waals surface area contributed by atoms with E-state index in [1.807, 2.05) is 6.92 Å². The van der Waals surface area contributed by atoms with Gasteiger partial charge in [-0.3, -0.25) is 4.79 Å². The zero-order valence-corrected chi connectivity index (χ0v) is 12.9. The number of nitrogens with one attached hydrogen (secondary N) is 2. The molecule has 4 nitrogen and oxygen atoms in total. The average molecular weight is 317 g/mol. The number of hydrogen-bond donors (Lipinski definition) is 2. The van der Waals surface area contributed by atoms with Crippen LogP contribution in [0.1, 0.15) is 19.8 Å². The Kier molecular flexibility index (Phi) is 7.47. The minimum atomic E-state index is -0.326. The Bertz CT molecular complexity index is 453. The van der Waals surface area contributed by atoms with Crippen molar-refractivity contribution < 1.29 is 13.9 Å². The fourth-order valence-electron chi connectivity index (χ4n) is 2.29. The van der Waals surface area contributed by atoms with Crippen LogP contribution >= 0.6 is 12.4 Å². The van der Waals surface area contributed by atoms with Crippen molar-refractivity contribution in [2.24, 2.45) is 5.92 Å². The molecule has 2 rings (SSSR count). The van der Waals surface area contributed by atoms with Crippen LogP contribution in [0.4, 0.5) is 4.39 Å². The molecule has 1 aromatic carbocycles. The molecular formula is C15H22ClFN2O2. The van der Waals surface area contributed by atoms with E-state index in [4.69, 9.17) is 4.74 Å². The molecule has 0 bridgehead atoms. The molecule has 0 radical (unpaired) electrons. The first-order valence-electron chi connectivity index (χ1n) is 7.06. The number of amides is 1. The van der Waals surface area contributed by atoms with E-state index in [0.29, 0.717) is 12.3 Å². The smallest absolute Gasteiger partial charge is 0.223 e. The van der Waals surface area contributed by atoms with Gasteiger partial charge in [-0.2, -0.15) is 0 Å². The molecule has 0 aromatic heterocycles. The van der Waals surface area contributed by atoms with Crippen molar-refractivity contribution in [3.63, 3.8) is 0 Å². The maximum atomic E-state index is 13.0. The van der Waals surface area contributed by atoms with Crippen LogP contribution in [0.5, 0.6) is 5.75 Å². The molecule has 0 saturated carbocycles. The number of ether oxygens (including phenoxy) is 1. The summed E-state index contributed by atoms with van der Waals surface area (Å²) in [5.41, 5.74) is 0. The van der Waals surface area contributed by atoms with Crippen LogP contribution in [0.25, 0.3) is 0 Å². The van der Waals surface area contributed by atoms with Crippen molar-refractivity contribution in [3.8, 4) is 5.75 Å². The van der Waals surface area contributed by atoms with Gasteiger partial charge in [-0.05, 0) is 45.0 Å². The van der Waals surface area contributed by atoms with Crippen molar-refractivity contribution >= 4 is 18.3 Å². The molecule has 1 unspecified atom stereocenters. The van der Waals surface area contributed by atoms with Crippen molar-refractivity contribution in [2.75, 3.05) is 19.6 Å². The maximum absolute atomic E-state index is 13.0. The highest BCUT2D eigenvalue weighted by molar-refractivity contribution is 5.85. The third-order valence-corrected chi connectivity index (χ3v) is 3.41. The third-order valence-electron chi connectivity index (χ3n) is 3.41. The van der Waals surface area contributed by atoms with Crippen molar-refractivity contribution in [3.05, 3.63) is 30.1 Å². The number of benzene rings is 1. The SMILES string of the molecule is CC(CNC(=O)C1CCNCC1)Oc1cccc(F)c1.Cl. The van der Waals surface area contributed by atoms with E-state index in [9.17, 15) is 9.18 Å². The molecule has 1 amide bonds. The van der Waals surface area contributed by atoms with E-state index < -0.39 is 0 Å². The number of rotatable bonds is 5. The second-order valence-corrected chi connectivity index (χ2v) is 5.16. The summed E-state index contributed by atoms with van der Waals surface area (Å²) in [6, 6.07) is 6.01. The molecule has 1 fully saturated rings. The zero-order valence-electron chi connectivity index (χ0n) is 12.1. The van der Waals surface area contributed by atoms with E-state index in [2.05, 4.69) is 10.6 Å². The quantitative estimate of drug-likeness (QED) is 0.875. The first-order valence-corrected chi connectivity index (χ1v) is 7.06. The lowest BCUT2D eigenvalue weighted by atomic mass is 9.97. The fourth-order valence-corrected chi connectivity index (χ4v) is 2.29. The second-order valence-electron chi connectivity index (χ2n) is 5.16. The number of piperidine rings is 1.